The number of anilines is 1. The van der Waals surface area contributed by atoms with Crippen molar-refractivity contribution in [3.8, 4) is 0 Å². The van der Waals surface area contributed by atoms with E-state index in [-0.39, 0.29) is 11.8 Å². The van der Waals surface area contributed by atoms with Crippen LogP contribution in [0.2, 0.25) is 0 Å². The third-order valence-electron chi connectivity index (χ3n) is 3.71. The Morgan fingerprint density at radius 1 is 1.41 bits per heavy atom. The molecule has 3 aromatic heterocycles. The van der Waals surface area contributed by atoms with Crippen molar-refractivity contribution in [1.29, 1.82) is 0 Å². The Balaban J connectivity index is 1.72. The smallest absolute Gasteiger partial charge is 0.226 e. The van der Waals surface area contributed by atoms with E-state index < -0.39 is 0 Å². The number of aromatic nitrogens is 2. The van der Waals surface area contributed by atoms with Gasteiger partial charge in [-0.15, -0.1) is 22.7 Å². The molecule has 3 aromatic rings. The van der Waals surface area contributed by atoms with E-state index in [0.29, 0.717) is 13.0 Å². The van der Waals surface area contributed by atoms with Crippen LogP contribution in [-0.4, -0.2) is 15.7 Å². The molecular formula is C15H12BrN3OS2. The molecule has 0 spiro atoms. The Bertz CT molecular complexity index is 822. The summed E-state index contributed by atoms with van der Waals surface area (Å²) in [6, 6.07) is 8.22. The number of hydrogen-bond acceptors (Lipinski definition) is 4. The zero-order chi connectivity index (χ0) is 15.1. The quantitative estimate of drug-likeness (QED) is 0.721. The van der Waals surface area contributed by atoms with Gasteiger partial charge in [0.05, 0.1) is 16.5 Å². The fraction of sp³-hybridized carbons (Fsp3) is 0.200. The lowest BCUT2D eigenvalue weighted by molar-refractivity contribution is -0.116. The van der Waals surface area contributed by atoms with Crippen LogP contribution in [0.25, 0.3) is 0 Å². The topological polar surface area (TPSA) is 46.9 Å². The molecule has 1 aliphatic rings. The zero-order valence-electron chi connectivity index (χ0n) is 11.5. The zero-order valence-corrected chi connectivity index (χ0v) is 14.7. The molecule has 1 aliphatic heterocycles. The van der Waals surface area contributed by atoms with Crippen LogP contribution >= 0.6 is 38.6 Å². The van der Waals surface area contributed by atoms with Gasteiger partial charge in [-0.1, -0.05) is 6.07 Å². The van der Waals surface area contributed by atoms with Gasteiger partial charge >= 0.3 is 0 Å². The number of nitrogens with zero attached hydrogens (tertiary/aromatic N) is 2. The summed E-state index contributed by atoms with van der Waals surface area (Å²) in [5.41, 5.74) is 1.10. The van der Waals surface area contributed by atoms with Crippen molar-refractivity contribution in [1.82, 2.24) is 9.78 Å². The molecule has 112 valence electrons. The predicted molar refractivity (Wildman–Crippen MR) is 92.8 cm³/mol. The molecule has 4 heterocycles. The molecule has 0 radical (unpaired) electrons. The number of nitrogens with one attached hydrogen (secondary N) is 1. The van der Waals surface area contributed by atoms with Crippen molar-refractivity contribution >= 4 is 50.3 Å². The van der Waals surface area contributed by atoms with E-state index in [1.165, 1.54) is 9.75 Å². The lowest BCUT2D eigenvalue weighted by atomic mass is 9.93. The molecule has 4 nitrogen and oxygen atoms in total. The number of thiophene rings is 2. The normalized spacial score (nSPS) is 17.3. The molecule has 0 bridgehead atoms. The van der Waals surface area contributed by atoms with Crippen molar-refractivity contribution < 1.29 is 4.79 Å². The standard InChI is InChI=1S/C15H12BrN3OS2/c16-13-4-3-12(22-13)10-6-14(20)18-15-11(10)7-17-19(15)8-9-2-1-5-21-9/h1-5,7,10H,6,8H2,(H,18,20)/t10-/m0/s1. The molecule has 0 aromatic carbocycles. The van der Waals surface area contributed by atoms with E-state index in [4.69, 9.17) is 0 Å². The van der Waals surface area contributed by atoms with E-state index in [9.17, 15) is 4.79 Å². The minimum atomic E-state index is 0.0509. The van der Waals surface area contributed by atoms with Crippen LogP contribution in [0.1, 0.15) is 27.7 Å². The molecule has 0 unspecified atom stereocenters. The summed E-state index contributed by atoms with van der Waals surface area (Å²) in [6.45, 7) is 0.689. The van der Waals surface area contributed by atoms with E-state index >= 15 is 0 Å². The lowest BCUT2D eigenvalue weighted by Crippen LogP contribution is -2.24. The van der Waals surface area contributed by atoms with E-state index in [2.05, 4.69) is 43.9 Å². The molecule has 1 atom stereocenters. The Morgan fingerprint density at radius 2 is 2.32 bits per heavy atom. The van der Waals surface area contributed by atoms with Gasteiger partial charge in [0, 0.05) is 27.7 Å². The molecule has 0 fully saturated rings. The molecule has 4 rings (SSSR count). The first kappa shape index (κ1) is 14.2. The van der Waals surface area contributed by atoms with Crippen molar-refractivity contribution in [2.75, 3.05) is 5.32 Å². The first-order valence-corrected chi connectivity index (χ1v) is 9.33. The first-order valence-electron chi connectivity index (χ1n) is 6.84. The second-order valence-corrected chi connectivity index (χ2v) is 8.66. The van der Waals surface area contributed by atoms with Crippen LogP contribution in [-0.2, 0) is 11.3 Å². The minimum Gasteiger partial charge on any atom is -0.311 e. The van der Waals surface area contributed by atoms with Crippen molar-refractivity contribution in [3.63, 3.8) is 0 Å². The van der Waals surface area contributed by atoms with Gasteiger partial charge in [0.2, 0.25) is 5.91 Å². The second kappa shape index (κ2) is 5.64. The summed E-state index contributed by atoms with van der Waals surface area (Å²) in [5.74, 6) is 0.978. The summed E-state index contributed by atoms with van der Waals surface area (Å²) < 4.78 is 2.97. The van der Waals surface area contributed by atoms with Gasteiger partial charge in [0.1, 0.15) is 5.82 Å². The van der Waals surface area contributed by atoms with Crippen molar-refractivity contribution in [3.05, 3.63) is 54.9 Å². The summed E-state index contributed by atoms with van der Waals surface area (Å²) in [4.78, 5) is 14.5. The van der Waals surface area contributed by atoms with Crippen LogP contribution < -0.4 is 5.32 Å². The highest BCUT2D eigenvalue weighted by Gasteiger charge is 2.30. The minimum absolute atomic E-state index is 0.0509. The number of fused-ring (bicyclic) bond motifs is 1. The van der Waals surface area contributed by atoms with E-state index in [0.717, 1.165) is 15.2 Å². The molecule has 1 amide bonds. The number of amides is 1. The molecule has 0 saturated heterocycles. The highest BCUT2D eigenvalue weighted by molar-refractivity contribution is 9.11. The number of halogens is 1. The highest BCUT2D eigenvalue weighted by Crippen LogP contribution is 2.40. The van der Waals surface area contributed by atoms with E-state index in [1.807, 2.05) is 23.0 Å². The maximum Gasteiger partial charge on any atom is 0.226 e. The van der Waals surface area contributed by atoms with Gasteiger partial charge in [0.15, 0.2) is 0 Å². The second-order valence-electron chi connectivity index (χ2n) is 5.13. The summed E-state index contributed by atoms with van der Waals surface area (Å²) >= 11 is 6.87. The summed E-state index contributed by atoms with van der Waals surface area (Å²) in [7, 11) is 0. The molecule has 1 N–H and O–H groups in total. The first-order chi connectivity index (χ1) is 10.7. The van der Waals surface area contributed by atoms with Gasteiger partial charge in [-0.25, -0.2) is 4.68 Å². The predicted octanol–water partition coefficient (Wildman–Crippen LogP) is 4.29. The van der Waals surface area contributed by atoms with Gasteiger partial charge in [-0.05, 0) is 39.5 Å². The Hall–Kier alpha value is -1.44. The van der Waals surface area contributed by atoms with Crippen molar-refractivity contribution in [2.45, 2.75) is 18.9 Å². The number of rotatable bonds is 3. The van der Waals surface area contributed by atoms with Crippen molar-refractivity contribution in [2.24, 2.45) is 0 Å². The maximum absolute atomic E-state index is 12.1. The number of hydrogen-bond donors (Lipinski definition) is 1. The molecule has 22 heavy (non-hydrogen) atoms. The Morgan fingerprint density at radius 3 is 3.05 bits per heavy atom. The number of carbonyl (C=O) groups is 1. The largest absolute Gasteiger partial charge is 0.311 e. The van der Waals surface area contributed by atoms with Crippen LogP contribution in [0.5, 0.6) is 0 Å². The summed E-state index contributed by atoms with van der Waals surface area (Å²) in [5, 5.41) is 9.53. The summed E-state index contributed by atoms with van der Waals surface area (Å²) in [6.07, 6.45) is 2.37. The van der Waals surface area contributed by atoms with Gasteiger partial charge in [-0.2, -0.15) is 5.10 Å². The third kappa shape index (κ3) is 2.53. The SMILES string of the molecule is O=C1C[C@H](c2ccc(Br)s2)c2cnn(Cc3cccs3)c2N1. The third-order valence-corrected chi connectivity index (χ3v) is 6.31. The van der Waals surface area contributed by atoms with Crippen LogP contribution in [0.4, 0.5) is 5.82 Å². The van der Waals surface area contributed by atoms with Crippen LogP contribution in [0, 0.1) is 0 Å². The average molecular weight is 394 g/mol. The molecule has 0 saturated carbocycles. The monoisotopic (exact) mass is 393 g/mol. The fourth-order valence-electron chi connectivity index (χ4n) is 2.71. The highest BCUT2D eigenvalue weighted by atomic mass is 79.9. The fourth-order valence-corrected chi connectivity index (χ4v) is 4.94. The van der Waals surface area contributed by atoms with Crippen LogP contribution in [0.15, 0.2) is 39.6 Å². The van der Waals surface area contributed by atoms with Gasteiger partial charge < -0.3 is 5.32 Å². The molecular weight excluding hydrogens is 382 g/mol. The van der Waals surface area contributed by atoms with Gasteiger partial charge in [-0.3, -0.25) is 4.79 Å². The lowest BCUT2D eigenvalue weighted by Gasteiger charge is -2.22. The molecule has 7 heteroatoms. The molecule has 0 aliphatic carbocycles. The van der Waals surface area contributed by atoms with Crippen LogP contribution in [0.3, 0.4) is 0 Å². The number of carbonyl (C=O) groups excluding carboxylic acids is 1. The Kier molecular flexibility index (Phi) is 3.63. The van der Waals surface area contributed by atoms with E-state index in [1.54, 1.807) is 22.7 Å². The average Bonchev–Trinajstić information content (AvgIpc) is 3.21. The van der Waals surface area contributed by atoms with Gasteiger partial charge in [0.25, 0.3) is 0 Å². The maximum atomic E-state index is 12.1. The Labute approximate surface area is 143 Å².